The highest BCUT2D eigenvalue weighted by molar-refractivity contribution is 5.86. The molecule has 0 saturated carbocycles. The Kier molecular flexibility index (Phi) is 3.32. The monoisotopic (exact) mass is 245 g/mol. The summed E-state index contributed by atoms with van der Waals surface area (Å²) in [5.74, 6) is 0.402. The van der Waals surface area contributed by atoms with Gasteiger partial charge in [-0.15, -0.1) is 0 Å². The van der Waals surface area contributed by atoms with Crippen molar-refractivity contribution in [1.29, 1.82) is 0 Å². The third-order valence-corrected chi connectivity index (χ3v) is 2.77. The van der Waals surface area contributed by atoms with Crippen molar-refractivity contribution in [2.45, 2.75) is 13.0 Å². The van der Waals surface area contributed by atoms with E-state index >= 15 is 0 Å². The van der Waals surface area contributed by atoms with E-state index in [-0.39, 0.29) is 11.5 Å². The Balaban J connectivity index is 2.35. The van der Waals surface area contributed by atoms with Crippen LogP contribution in [-0.2, 0) is 4.79 Å². The molecule has 18 heavy (non-hydrogen) atoms. The third-order valence-electron chi connectivity index (χ3n) is 2.77. The van der Waals surface area contributed by atoms with Gasteiger partial charge in [0.15, 0.2) is 0 Å². The Bertz CT molecular complexity index is 633. The summed E-state index contributed by atoms with van der Waals surface area (Å²) in [6.07, 6.45) is 0. The molecular formula is C13H15N3O2. The number of carbonyl (C=O) groups is 1. The summed E-state index contributed by atoms with van der Waals surface area (Å²) in [6.45, 7) is 1.73. The third kappa shape index (κ3) is 2.34. The molecule has 2 rings (SSSR count). The standard InChI is InChI=1S/C13H15N3O2/c1-8(12(17)14-2)15-11-7-9-5-3-4-6-10(9)13(18)16-11/h3-8H,1-2H3,(H,14,17)(H2,15,16,18). The molecule has 0 aliphatic heterocycles. The van der Waals surface area contributed by atoms with Crippen LogP contribution in [0.25, 0.3) is 10.8 Å². The number of nitrogens with one attached hydrogen (secondary N) is 3. The van der Waals surface area contributed by atoms with Crippen LogP contribution in [0.2, 0.25) is 0 Å². The highest BCUT2D eigenvalue weighted by Crippen LogP contribution is 2.13. The molecule has 0 aliphatic carbocycles. The lowest BCUT2D eigenvalue weighted by atomic mass is 10.2. The number of likely N-dealkylation sites (N-methyl/N-ethyl adjacent to an activating group) is 1. The van der Waals surface area contributed by atoms with Crippen LogP contribution in [0.3, 0.4) is 0 Å². The van der Waals surface area contributed by atoms with Crippen LogP contribution in [0.15, 0.2) is 35.1 Å². The molecule has 1 amide bonds. The second-order valence-corrected chi connectivity index (χ2v) is 4.08. The van der Waals surface area contributed by atoms with E-state index in [0.29, 0.717) is 11.2 Å². The van der Waals surface area contributed by atoms with Gasteiger partial charge in [0.1, 0.15) is 11.9 Å². The van der Waals surface area contributed by atoms with Gasteiger partial charge >= 0.3 is 0 Å². The Morgan fingerprint density at radius 1 is 1.33 bits per heavy atom. The molecule has 3 N–H and O–H groups in total. The van der Waals surface area contributed by atoms with Crippen molar-refractivity contribution in [3.05, 3.63) is 40.7 Å². The minimum absolute atomic E-state index is 0.135. The fourth-order valence-corrected chi connectivity index (χ4v) is 1.80. The predicted octanol–water partition coefficient (Wildman–Crippen LogP) is 1.07. The van der Waals surface area contributed by atoms with E-state index in [2.05, 4.69) is 15.6 Å². The number of H-pyrrole nitrogens is 1. The smallest absolute Gasteiger partial charge is 0.257 e. The highest BCUT2D eigenvalue weighted by atomic mass is 16.2. The zero-order valence-electron chi connectivity index (χ0n) is 10.3. The molecule has 5 nitrogen and oxygen atoms in total. The number of carbonyl (C=O) groups excluding carboxylic acids is 1. The molecule has 0 fully saturated rings. The Morgan fingerprint density at radius 3 is 2.78 bits per heavy atom. The number of anilines is 1. The van der Waals surface area contributed by atoms with Gasteiger partial charge in [-0.1, -0.05) is 18.2 Å². The number of rotatable bonds is 3. The largest absolute Gasteiger partial charge is 0.360 e. The number of aromatic amines is 1. The normalized spacial score (nSPS) is 12.1. The van der Waals surface area contributed by atoms with Gasteiger partial charge in [0, 0.05) is 12.4 Å². The minimum Gasteiger partial charge on any atom is -0.360 e. The molecule has 1 aromatic heterocycles. The molecule has 1 unspecified atom stereocenters. The summed E-state index contributed by atoms with van der Waals surface area (Å²) >= 11 is 0. The summed E-state index contributed by atoms with van der Waals surface area (Å²) in [6, 6.07) is 8.72. The maximum absolute atomic E-state index is 11.8. The molecule has 0 saturated heterocycles. The van der Waals surface area contributed by atoms with Crippen LogP contribution >= 0.6 is 0 Å². The fraction of sp³-hybridized carbons (Fsp3) is 0.231. The van der Waals surface area contributed by atoms with Crippen molar-refractivity contribution in [2.24, 2.45) is 0 Å². The van der Waals surface area contributed by atoms with Crippen LogP contribution < -0.4 is 16.2 Å². The number of hydrogen-bond acceptors (Lipinski definition) is 3. The van der Waals surface area contributed by atoms with Crippen molar-refractivity contribution in [1.82, 2.24) is 10.3 Å². The quantitative estimate of drug-likeness (QED) is 0.757. The lowest BCUT2D eigenvalue weighted by Crippen LogP contribution is -2.35. The van der Waals surface area contributed by atoms with Crippen LogP contribution in [-0.4, -0.2) is 24.0 Å². The van der Waals surface area contributed by atoms with Crippen molar-refractivity contribution >= 4 is 22.5 Å². The second kappa shape index (κ2) is 4.91. The number of fused-ring (bicyclic) bond motifs is 1. The first kappa shape index (κ1) is 12.2. The number of pyridine rings is 1. The number of aromatic nitrogens is 1. The Hall–Kier alpha value is -2.30. The number of hydrogen-bond donors (Lipinski definition) is 3. The van der Waals surface area contributed by atoms with Gasteiger partial charge in [0.05, 0.1) is 0 Å². The molecule has 94 valence electrons. The first-order chi connectivity index (χ1) is 8.61. The lowest BCUT2D eigenvalue weighted by Gasteiger charge is -2.13. The van der Waals surface area contributed by atoms with Gasteiger partial charge in [-0.2, -0.15) is 0 Å². The summed E-state index contributed by atoms with van der Waals surface area (Å²) in [7, 11) is 1.57. The summed E-state index contributed by atoms with van der Waals surface area (Å²) < 4.78 is 0. The molecule has 1 atom stereocenters. The predicted molar refractivity (Wildman–Crippen MR) is 71.7 cm³/mol. The van der Waals surface area contributed by atoms with E-state index in [0.717, 1.165) is 5.39 Å². The topological polar surface area (TPSA) is 74.0 Å². The van der Waals surface area contributed by atoms with Gasteiger partial charge in [-0.25, -0.2) is 0 Å². The summed E-state index contributed by atoms with van der Waals surface area (Å²) in [5.41, 5.74) is -0.167. The SMILES string of the molecule is CNC(=O)C(C)Nc1cc2ccccc2c(=O)[nH]1. The molecule has 0 spiro atoms. The maximum atomic E-state index is 11.8. The molecule has 2 aromatic rings. The van der Waals surface area contributed by atoms with E-state index < -0.39 is 6.04 Å². The van der Waals surface area contributed by atoms with Crippen LogP contribution in [0.5, 0.6) is 0 Å². The fourth-order valence-electron chi connectivity index (χ4n) is 1.80. The zero-order valence-corrected chi connectivity index (χ0v) is 10.3. The minimum atomic E-state index is -0.410. The summed E-state index contributed by atoms with van der Waals surface area (Å²) in [4.78, 5) is 25.9. The lowest BCUT2D eigenvalue weighted by molar-refractivity contribution is -0.121. The van der Waals surface area contributed by atoms with Crippen molar-refractivity contribution < 1.29 is 4.79 Å². The molecule has 0 radical (unpaired) electrons. The number of amides is 1. The molecular weight excluding hydrogens is 230 g/mol. The average Bonchev–Trinajstić information content (AvgIpc) is 2.37. The van der Waals surface area contributed by atoms with E-state index in [1.165, 1.54) is 0 Å². The first-order valence-corrected chi connectivity index (χ1v) is 5.72. The second-order valence-electron chi connectivity index (χ2n) is 4.08. The van der Waals surface area contributed by atoms with Crippen molar-refractivity contribution in [2.75, 3.05) is 12.4 Å². The Morgan fingerprint density at radius 2 is 2.06 bits per heavy atom. The van der Waals surface area contributed by atoms with E-state index in [1.54, 1.807) is 20.0 Å². The molecule has 1 heterocycles. The van der Waals surface area contributed by atoms with Crippen molar-refractivity contribution in [3.63, 3.8) is 0 Å². The van der Waals surface area contributed by atoms with Crippen molar-refractivity contribution in [3.8, 4) is 0 Å². The van der Waals surface area contributed by atoms with Crippen LogP contribution in [0.4, 0.5) is 5.82 Å². The van der Waals surface area contributed by atoms with E-state index in [9.17, 15) is 9.59 Å². The number of benzene rings is 1. The maximum Gasteiger partial charge on any atom is 0.257 e. The molecule has 5 heteroatoms. The molecule has 0 aliphatic rings. The first-order valence-electron chi connectivity index (χ1n) is 5.72. The van der Waals surface area contributed by atoms with E-state index in [1.807, 2.05) is 24.3 Å². The van der Waals surface area contributed by atoms with Gasteiger partial charge in [-0.3, -0.25) is 9.59 Å². The van der Waals surface area contributed by atoms with Crippen LogP contribution in [0, 0.1) is 0 Å². The Labute approximate surface area is 104 Å². The van der Waals surface area contributed by atoms with E-state index in [4.69, 9.17) is 0 Å². The highest BCUT2D eigenvalue weighted by Gasteiger charge is 2.11. The summed E-state index contributed by atoms with van der Waals surface area (Å²) in [5, 5.41) is 6.98. The van der Waals surface area contributed by atoms with Gasteiger partial charge in [-0.05, 0) is 24.4 Å². The zero-order chi connectivity index (χ0) is 13.1. The van der Waals surface area contributed by atoms with Gasteiger partial charge < -0.3 is 15.6 Å². The van der Waals surface area contributed by atoms with Crippen LogP contribution in [0.1, 0.15) is 6.92 Å². The molecule has 1 aromatic carbocycles. The van der Waals surface area contributed by atoms with Gasteiger partial charge in [0.2, 0.25) is 5.91 Å². The van der Waals surface area contributed by atoms with Gasteiger partial charge in [0.25, 0.3) is 5.56 Å². The molecule has 0 bridgehead atoms. The average molecular weight is 245 g/mol.